The maximum absolute atomic E-state index is 12.3. The highest BCUT2D eigenvalue weighted by molar-refractivity contribution is 7.17. The van der Waals surface area contributed by atoms with Gasteiger partial charge in [-0.1, -0.05) is 36.1 Å². The van der Waals surface area contributed by atoms with Crippen LogP contribution in [0.2, 0.25) is 0 Å². The number of hydrogen-bond acceptors (Lipinski definition) is 5. The average Bonchev–Trinajstić information content (AvgIpc) is 3.07. The van der Waals surface area contributed by atoms with E-state index in [1.807, 2.05) is 6.07 Å². The largest absolute Gasteiger partial charge is 0.365 e. The molecule has 0 bridgehead atoms. The van der Waals surface area contributed by atoms with E-state index in [9.17, 15) is 14.4 Å². The fourth-order valence-electron chi connectivity index (χ4n) is 2.25. The minimum Gasteiger partial charge on any atom is -0.365 e. The van der Waals surface area contributed by atoms with Gasteiger partial charge in [0.1, 0.15) is 11.4 Å². The topological polar surface area (TPSA) is 105 Å². The van der Waals surface area contributed by atoms with Gasteiger partial charge in [0.15, 0.2) is 5.13 Å². The summed E-state index contributed by atoms with van der Waals surface area (Å²) in [7, 11) is 0. The molecule has 0 aliphatic carbocycles. The number of nitrogens with two attached hydrogens (primary N) is 1. The summed E-state index contributed by atoms with van der Waals surface area (Å²) in [6, 6.07) is 7.05. The lowest BCUT2D eigenvalue weighted by atomic mass is 10.1. The number of fused-ring (bicyclic) bond motifs is 1. The Morgan fingerprint density at radius 3 is 2.61 bits per heavy atom. The smallest absolute Gasteiger partial charge is 0.260 e. The summed E-state index contributed by atoms with van der Waals surface area (Å²) in [6.07, 6.45) is 1.29. The lowest BCUT2D eigenvalue weighted by Gasteiger charge is -2.16. The van der Waals surface area contributed by atoms with Gasteiger partial charge in [0.05, 0.1) is 6.20 Å². The molecule has 8 heteroatoms. The molecule has 1 aliphatic heterocycles. The zero-order chi connectivity index (χ0) is 16.6. The summed E-state index contributed by atoms with van der Waals surface area (Å²) >= 11 is 0.973. The molecule has 116 valence electrons. The van der Waals surface area contributed by atoms with Crippen molar-refractivity contribution < 1.29 is 14.4 Å². The first-order chi connectivity index (χ1) is 11.0. The summed E-state index contributed by atoms with van der Waals surface area (Å²) in [5.74, 6) is -1.31. The molecule has 7 nitrogen and oxygen atoms in total. The Kier molecular flexibility index (Phi) is 3.67. The van der Waals surface area contributed by atoms with Crippen LogP contribution in [-0.2, 0) is 4.79 Å². The van der Waals surface area contributed by atoms with Crippen molar-refractivity contribution in [2.75, 3.05) is 11.9 Å². The summed E-state index contributed by atoms with van der Waals surface area (Å²) in [6.45, 7) is 3.68. The molecule has 3 N–H and O–H groups in total. The number of thiazole rings is 1. The fourth-order valence-corrected chi connectivity index (χ4v) is 2.93. The molecule has 1 aliphatic rings. The number of carbonyl (C=O) groups is 3. The van der Waals surface area contributed by atoms with Gasteiger partial charge >= 0.3 is 0 Å². The van der Waals surface area contributed by atoms with Gasteiger partial charge in [-0.25, -0.2) is 4.98 Å². The molecule has 0 saturated heterocycles. The molecule has 0 unspecified atom stereocenters. The van der Waals surface area contributed by atoms with Gasteiger partial charge < -0.3 is 11.1 Å². The van der Waals surface area contributed by atoms with Crippen molar-refractivity contribution in [3.63, 3.8) is 0 Å². The Morgan fingerprint density at radius 2 is 2.00 bits per heavy atom. The number of amides is 3. The van der Waals surface area contributed by atoms with E-state index in [4.69, 9.17) is 5.73 Å². The number of benzene rings is 1. The van der Waals surface area contributed by atoms with Crippen LogP contribution in [-0.4, -0.2) is 34.2 Å². The van der Waals surface area contributed by atoms with Crippen LogP contribution in [0.15, 0.2) is 37.0 Å². The molecular formula is C15H12N4O3S. The van der Waals surface area contributed by atoms with E-state index in [-0.39, 0.29) is 22.5 Å². The molecule has 23 heavy (non-hydrogen) atoms. The molecule has 0 radical (unpaired) electrons. The molecule has 0 atom stereocenters. The summed E-state index contributed by atoms with van der Waals surface area (Å²) < 4.78 is 0. The number of primary amides is 1. The third-order valence-electron chi connectivity index (χ3n) is 3.34. The average molecular weight is 328 g/mol. The van der Waals surface area contributed by atoms with Crippen LogP contribution < -0.4 is 11.1 Å². The Balaban J connectivity index is 1.70. The monoisotopic (exact) mass is 328 g/mol. The van der Waals surface area contributed by atoms with Crippen LogP contribution in [0.4, 0.5) is 5.13 Å². The van der Waals surface area contributed by atoms with Crippen molar-refractivity contribution in [3.8, 4) is 0 Å². The van der Waals surface area contributed by atoms with Crippen molar-refractivity contribution in [2.45, 2.75) is 0 Å². The van der Waals surface area contributed by atoms with Gasteiger partial charge in [-0.15, -0.1) is 0 Å². The SMILES string of the molecule is C=C1c2ccccc2C(=O)N1CC(=O)Nc1ncc(C(N)=O)s1. The number of hydrogen-bond donors (Lipinski definition) is 2. The first-order valence-corrected chi connectivity index (χ1v) is 7.44. The van der Waals surface area contributed by atoms with E-state index >= 15 is 0 Å². The van der Waals surface area contributed by atoms with E-state index in [1.165, 1.54) is 11.1 Å². The third-order valence-corrected chi connectivity index (χ3v) is 4.26. The maximum atomic E-state index is 12.3. The number of rotatable bonds is 4. The molecule has 1 aromatic heterocycles. The second kappa shape index (κ2) is 5.65. The molecular weight excluding hydrogens is 316 g/mol. The number of anilines is 1. The second-order valence-corrected chi connectivity index (χ2v) is 5.86. The van der Waals surface area contributed by atoms with Gasteiger partial charge in [0.2, 0.25) is 5.91 Å². The van der Waals surface area contributed by atoms with Gasteiger partial charge in [0, 0.05) is 16.8 Å². The highest BCUT2D eigenvalue weighted by Crippen LogP contribution is 2.30. The van der Waals surface area contributed by atoms with Crippen LogP contribution in [0.5, 0.6) is 0 Å². The zero-order valence-electron chi connectivity index (χ0n) is 11.9. The van der Waals surface area contributed by atoms with Gasteiger partial charge in [-0.05, 0) is 6.07 Å². The molecule has 1 aromatic carbocycles. The second-order valence-electron chi connectivity index (χ2n) is 4.83. The quantitative estimate of drug-likeness (QED) is 0.882. The Bertz CT molecular complexity index is 808. The number of aromatic nitrogens is 1. The minimum absolute atomic E-state index is 0.183. The van der Waals surface area contributed by atoms with E-state index < -0.39 is 11.8 Å². The summed E-state index contributed by atoms with van der Waals surface area (Å²) in [5.41, 5.74) is 6.86. The third kappa shape index (κ3) is 2.71. The minimum atomic E-state index is -0.610. The highest BCUT2D eigenvalue weighted by Gasteiger charge is 2.31. The van der Waals surface area contributed by atoms with Crippen LogP contribution >= 0.6 is 11.3 Å². The molecule has 0 saturated carbocycles. The van der Waals surface area contributed by atoms with Crippen molar-refractivity contribution in [1.82, 2.24) is 9.88 Å². The number of nitrogens with zero attached hydrogens (tertiary/aromatic N) is 2. The van der Waals surface area contributed by atoms with Gasteiger partial charge in [-0.2, -0.15) is 0 Å². The van der Waals surface area contributed by atoms with Crippen LogP contribution in [0.1, 0.15) is 25.6 Å². The molecule has 3 amide bonds. The normalized spacial score (nSPS) is 13.1. The Morgan fingerprint density at radius 1 is 1.30 bits per heavy atom. The maximum Gasteiger partial charge on any atom is 0.260 e. The number of nitrogens with one attached hydrogen (secondary N) is 1. The summed E-state index contributed by atoms with van der Waals surface area (Å²) in [5, 5.41) is 2.79. The van der Waals surface area contributed by atoms with Crippen LogP contribution in [0.25, 0.3) is 5.70 Å². The van der Waals surface area contributed by atoms with Crippen LogP contribution in [0, 0.1) is 0 Å². The lowest BCUT2D eigenvalue weighted by Crippen LogP contribution is -2.32. The fraction of sp³-hybridized carbons (Fsp3) is 0.0667. The molecule has 0 spiro atoms. The van der Waals surface area contributed by atoms with E-state index in [1.54, 1.807) is 18.2 Å². The molecule has 2 heterocycles. The standard InChI is InChI=1S/C15H12N4O3S/c1-8-9-4-2-3-5-10(9)14(22)19(8)7-12(20)18-15-17-6-11(23-15)13(16)21/h2-6H,1,7H2,(H2,16,21)(H,17,18,20). The van der Waals surface area contributed by atoms with Crippen molar-refractivity contribution in [2.24, 2.45) is 5.73 Å². The van der Waals surface area contributed by atoms with Crippen LogP contribution in [0.3, 0.4) is 0 Å². The summed E-state index contributed by atoms with van der Waals surface area (Å²) in [4.78, 5) is 40.8. The Hall–Kier alpha value is -3.00. The van der Waals surface area contributed by atoms with Gasteiger partial charge in [0.25, 0.3) is 11.8 Å². The number of carbonyl (C=O) groups excluding carboxylic acids is 3. The van der Waals surface area contributed by atoms with Crippen molar-refractivity contribution in [3.05, 3.63) is 53.0 Å². The van der Waals surface area contributed by atoms with E-state index in [0.29, 0.717) is 11.3 Å². The molecule has 0 fully saturated rings. The van der Waals surface area contributed by atoms with Gasteiger partial charge in [-0.3, -0.25) is 19.3 Å². The highest BCUT2D eigenvalue weighted by atomic mass is 32.1. The predicted molar refractivity (Wildman–Crippen MR) is 85.8 cm³/mol. The molecule has 2 aromatic rings. The van der Waals surface area contributed by atoms with E-state index in [0.717, 1.165) is 16.9 Å². The first-order valence-electron chi connectivity index (χ1n) is 6.63. The first kappa shape index (κ1) is 14.9. The molecule has 3 rings (SSSR count). The van der Waals surface area contributed by atoms with E-state index in [2.05, 4.69) is 16.9 Å². The van der Waals surface area contributed by atoms with Crippen molar-refractivity contribution >= 4 is 39.9 Å². The lowest BCUT2D eigenvalue weighted by molar-refractivity contribution is -0.116. The zero-order valence-corrected chi connectivity index (χ0v) is 12.7. The predicted octanol–water partition coefficient (Wildman–Crippen LogP) is 1.31. The van der Waals surface area contributed by atoms with Crippen molar-refractivity contribution in [1.29, 1.82) is 0 Å². The Labute approximate surface area is 135 Å².